The highest BCUT2D eigenvalue weighted by molar-refractivity contribution is 6.19. The largest absolute Gasteiger partial charge is 0.321 e. The van der Waals surface area contributed by atoms with Gasteiger partial charge in [0.15, 0.2) is 0 Å². The lowest BCUT2D eigenvalue weighted by atomic mass is 10.3. The molecule has 1 unspecified atom stereocenters. The fourth-order valence-electron chi connectivity index (χ4n) is 0.109. The van der Waals surface area contributed by atoms with E-state index in [4.69, 9.17) is 17.3 Å². The van der Waals surface area contributed by atoms with Gasteiger partial charge in [-0.1, -0.05) is 0 Å². The first kappa shape index (κ1) is 11.1. The molecule has 0 aromatic rings. The van der Waals surface area contributed by atoms with Crippen LogP contribution in [0.25, 0.3) is 0 Å². The van der Waals surface area contributed by atoms with Crippen molar-refractivity contribution in [3.8, 4) is 0 Å². The minimum Gasteiger partial charge on any atom is -0.321 e. The van der Waals surface area contributed by atoms with E-state index in [0.717, 1.165) is 0 Å². The quantitative estimate of drug-likeness (QED) is 0.596. The van der Waals surface area contributed by atoms with E-state index in [1.54, 1.807) is 0 Å². The monoisotopic (exact) mass is 157 g/mol. The maximum Gasteiger partial charge on any atom is 0.147 e. The van der Waals surface area contributed by atoms with E-state index in [1.807, 2.05) is 0 Å². The average molecular weight is 158 g/mol. The molecule has 0 fully saturated rings. The third-order valence-electron chi connectivity index (χ3n) is 0.688. The van der Waals surface area contributed by atoms with Gasteiger partial charge in [0.2, 0.25) is 0 Å². The Morgan fingerprint density at radius 1 is 1.88 bits per heavy atom. The molecule has 0 aliphatic carbocycles. The SMILES string of the molecule is CC(=O)C(N)CCl.Cl. The number of ketones is 1. The summed E-state index contributed by atoms with van der Waals surface area (Å²) >= 11 is 5.20. The number of Topliss-reactive ketones (excluding diaryl/α,β-unsaturated/α-hetero) is 1. The van der Waals surface area contributed by atoms with Gasteiger partial charge in [-0.15, -0.1) is 24.0 Å². The van der Waals surface area contributed by atoms with Crippen LogP contribution in [0.2, 0.25) is 0 Å². The van der Waals surface area contributed by atoms with E-state index in [-0.39, 0.29) is 24.1 Å². The predicted molar refractivity (Wildman–Crippen MR) is 36.6 cm³/mol. The van der Waals surface area contributed by atoms with Gasteiger partial charge >= 0.3 is 0 Å². The molecule has 0 aromatic heterocycles. The maximum atomic E-state index is 10.2. The molecule has 0 saturated carbocycles. The fourth-order valence-corrected chi connectivity index (χ4v) is 0.326. The smallest absolute Gasteiger partial charge is 0.147 e. The number of hydrogen-bond acceptors (Lipinski definition) is 2. The minimum absolute atomic E-state index is 0. The van der Waals surface area contributed by atoms with Crippen molar-refractivity contribution >= 4 is 29.8 Å². The Morgan fingerprint density at radius 2 is 2.25 bits per heavy atom. The van der Waals surface area contributed by atoms with Gasteiger partial charge in [0, 0.05) is 5.88 Å². The third-order valence-corrected chi connectivity index (χ3v) is 1.02. The van der Waals surface area contributed by atoms with Gasteiger partial charge in [-0.2, -0.15) is 0 Å². The van der Waals surface area contributed by atoms with Crippen LogP contribution in [-0.2, 0) is 4.79 Å². The van der Waals surface area contributed by atoms with Crippen molar-refractivity contribution in [1.29, 1.82) is 0 Å². The van der Waals surface area contributed by atoms with Gasteiger partial charge in [-0.3, -0.25) is 4.79 Å². The van der Waals surface area contributed by atoms with Gasteiger partial charge in [0.25, 0.3) is 0 Å². The molecule has 50 valence electrons. The van der Waals surface area contributed by atoms with E-state index in [2.05, 4.69) is 0 Å². The Bertz CT molecular complexity index is 76.4. The molecule has 0 aromatic carbocycles. The van der Waals surface area contributed by atoms with E-state index < -0.39 is 6.04 Å². The van der Waals surface area contributed by atoms with E-state index in [1.165, 1.54) is 6.92 Å². The summed E-state index contributed by atoms with van der Waals surface area (Å²) in [6.07, 6.45) is 0. The van der Waals surface area contributed by atoms with Crippen molar-refractivity contribution in [2.24, 2.45) is 5.73 Å². The summed E-state index contributed by atoms with van der Waals surface area (Å²) in [5, 5.41) is 0. The lowest BCUT2D eigenvalue weighted by molar-refractivity contribution is -0.117. The molecule has 8 heavy (non-hydrogen) atoms. The minimum atomic E-state index is -0.471. The zero-order valence-corrected chi connectivity index (χ0v) is 6.13. The Labute approximate surface area is 59.8 Å². The van der Waals surface area contributed by atoms with Crippen molar-refractivity contribution in [3.63, 3.8) is 0 Å². The number of hydrogen-bond donors (Lipinski definition) is 1. The second-order valence-corrected chi connectivity index (χ2v) is 1.68. The number of alkyl halides is 1. The van der Waals surface area contributed by atoms with Gasteiger partial charge in [0.1, 0.15) is 5.78 Å². The summed E-state index contributed by atoms with van der Waals surface area (Å²) in [6, 6.07) is -0.471. The van der Waals surface area contributed by atoms with Crippen molar-refractivity contribution in [3.05, 3.63) is 0 Å². The molecule has 0 bridgehead atoms. The fraction of sp³-hybridized carbons (Fsp3) is 0.750. The normalized spacial score (nSPS) is 11.9. The summed E-state index contributed by atoms with van der Waals surface area (Å²) in [4.78, 5) is 10.2. The number of carbonyl (C=O) groups excluding carboxylic acids is 1. The van der Waals surface area contributed by atoms with Crippen LogP contribution in [0, 0.1) is 0 Å². The Hall–Kier alpha value is 0.210. The zero-order chi connectivity index (χ0) is 5.86. The van der Waals surface area contributed by atoms with E-state index >= 15 is 0 Å². The Morgan fingerprint density at radius 3 is 2.25 bits per heavy atom. The van der Waals surface area contributed by atoms with Crippen LogP contribution < -0.4 is 5.73 Å². The van der Waals surface area contributed by atoms with E-state index in [0.29, 0.717) is 0 Å². The molecule has 0 aliphatic rings. The highest BCUT2D eigenvalue weighted by Crippen LogP contribution is 1.82. The second-order valence-electron chi connectivity index (χ2n) is 1.37. The van der Waals surface area contributed by atoms with Crippen LogP contribution in [0.1, 0.15) is 6.92 Å². The number of halogens is 2. The molecule has 0 saturated heterocycles. The molecule has 0 spiro atoms. The van der Waals surface area contributed by atoms with Crippen LogP contribution in [0.5, 0.6) is 0 Å². The second kappa shape index (κ2) is 5.35. The first-order chi connectivity index (χ1) is 3.18. The molecule has 4 heteroatoms. The molecule has 0 rings (SSSR count). The molecule has 2 N–H and O–H groups in total. The molecule has 1 atom stereocenters. The average Bonchev–Trinajstić information content (AvgIpc) is 1.65. The molecule has 0 amide bonds. The van der Waals surface area contributed by atoms with Crippen molar-refractivity contribution in [2.45, 2.75) is 13.0 Å². The van der Waals surface area contributed by atoms with Gasteiger partial charge in [0.05, 0.1) is 6.04 Å². The van der Waals surface area contributed by atoms with Crippen molar-refractivity contribution in [1.82, 2.24) is 0 Å². The van der Waals surface area contributed by atoms with E-state index in [9.17, 15) is 4.79 Å². The molecule has 0 aliphatic heterocycles. The third kappa shape index (κ3) is 4.37. The number of rotatable bonds is 2. The van der Waals surface area contributed by atoms with Crippen molar-refractivity contribution < 1.29 is 4.79 Å². The predicted octanol–water partition coefficient (Wildman–Crippen LogP) is 0.563. The van der Waals surface area contributed by atoms with Gasteiger partial charge < -0.3 is 5.73 Å². The van der Waals surface area contributed by atoms with Crippen molar-refractivity contribution in [2.75, 3.05) is 5.88 Å². The number of carbonyl (C=O) groups is 1. The summed E-state index contributed by atoms with van der Waals surface area (Å²) in [6.45, 7) is 1.42. The highest BCUT2D eigenvalue weighted by Gasteiger charge is 2.03. The highest BCUT2D eigenvalue weighted by atomic mass is 35.5. The lowest BCUT2D eigenvalue weighted by Gasteiger charge is -1.97. The van der Waals surface area contributed by atoms with Crippen LogP contribution in [0.15, 0.2) is 0 Å². The van der Waals surface area contributed by atoms with Gasteiger partial charge in [-0.25, -0.2) is 0 Å². The number of nitrogens with two attached hydrogens (primary N) is 1. The summed E-state index contributed by atoms with van der Waals surface area (Å²) in [5.41, 5.74) is 5.13. The van der Waals surface area contributed by atoms with Crippen LogP contribution in [-0.4, -0.2) is 17.7 Å². The molecular weight excluding hydrogens is 149 g/mol. The standard InChI is InChI=1S/C4H8ClNO.ClH/c1-3(7)4(6)2-5;/h4H,2,6H2,1H3;1H. The summed E-state index contributed by atoms with van der Waals surface area (Å²) in [7, 11) is 0. The van der Waals surface area contributed by atoms with Crippen LogP contribution in [0.3, 0.4) is 0 Å². The molecule has 2 nitrogen and oxygen atoms in total. The van der Waals surface area contributed by atoms with Gasteiger partial charge in [-0.05, 0) is 6.92 Å². The lowest BCUT2D eigenvalue weighted by Crippen LogP contribution is -2.29. The topological polar surface area (TPSA) is 43.1 Å². The molecule has 0 radical (unpaired) electrons. The zero-order valence-electron chi connectivity index (χ0n) is 4.56. The van der Waals surface area contributed by atoms with Crippen LogP contribution >= 0.6 is 24.0 Å². The summed E-state index contributed by atoms with van der Waals surface area (Å²) < 4.78 is 0. The molecule has 0 heterocycles. The maximum absolute atomic E-state index is 10.2. The Balaban J connectivity index is 0. The molecular formula is C4H9Cl2NO. The Kier molecular flexibility index (Phi) is 7.40. The summed E-state index contributed by atoms with van der Waals surface area (Å²) in [5.74, 6) is 0.157. The first-order valence-corrected chi connectivity index (χ1v) is 2.54. The first-order valence-electron chi connectivity index (χ1n) is 2.00. The van der Waals surface area contributed by atoms with Crippen LogP contribution in [0.4, 0.5) is 0 Å².